The Morgan fingerprint density at radius 1 is 1.00 bits per heavy atom. The summed E-state index contributed by atoms with van der Waals surface area (Å²) in [5.74, 6) is -2.73. The molecule has 1 aliphatic carbocycles. The van der Waals surface area contributed by atoms with Crippen molar-refractivity contribution in [1.82, 2.24) is 9.97 Å². The molecule has 0 amide bonds. The molecule has 3 aromatic heterocycles. The van der Waals surface area contributed by atoms with E-state index < -0.39 is 5.92 Å². The smallest absolute Gasteiger partial charge is 0.248 e. The van der Waals surface area contributed by atoms with Gasteiger partial charge in [-0.15, -0.1) is 0 Å². The summed E-state index contributed by atoms with van der Waals surface area (Å²) in [7, 11) is 0. The van der Waals surface area contributed by atoms with Gasteiger partial charge in [0.05, 0.1) is 5.69 Å². The van der Waals surface area contributed by atoms with Crippen LogP contribution >= 0.6 is 0 Å². The molecule has 1 aliphatic rings. The standard InChI is InChI=1S/C28H24F2N2O/c1-15-11-22-20-8-7-17(3)32-27(20)33-26(22)23(12-15)25-21-6-4-5-19(24(21)16(2)14-31-25)18-9-10-28(29,30)13-18/h4-8,11-12,14,18H,9-10,13H2,1-3H3. The van der Waals surface area contributed by atoms with E-state index in [9.17, 15) is 8.78 Å². The van der Waals surface area contributed by atoms with Crippen LogP contribution in [0.15, 0.2) is 53.1 Å². The molecular formula is C28H24F2N2O. The van der Waals surface area contributed by atoms with Crippen molar-refractivity contribution in [1.29, 1.82) is 0 Å². The first-order chi connectivity index (χ1) is 15.8. The topological polar surface area (TPSA) is 38.9 Å². The third-order valence-electron chi connectivity index (χ3n) is 6.95. The number of hydrogen-bond donors (Lipinski definition) is 0. The third kappa shape index (κ3) is 3.21. The molecule has 0 saturated heterocycles. The van der Waals surface area contributed by atoms with E-state index in [1.54, 1.807) is 0 Å². The van der Waals surface area contributed by atoms with E-state index >= 15 is 0 Å². The minimum atomic E-state index is -2.58. The molecule has 0 N–H and O–H groups in total. The molecule has 0 spiro atoms. The highest BCUT2D eigenvalue weighted by Crippen LogP contribution is 2.47. The second-order valence-electron chi connectivity index (χ2n) is 9.45. The average molecular weight is 443 g/mol. The number of alkyl halides is 2. The molecule has 6 rings (SSSR count). The number of furan rings is 1. The number of nitrogens with zero attached hydrogens (tertiary/aromatic N) is 2. The summed E-state index contributed by atoms with van der Waals surface area (Å²) in [6.45, 7) is 6.02. The van der Waals surface area contributed by atoms with Gasteiger partial charge in [-0.2, -0.15) is 0 Å². The highest BCUT2D eigenvalue weighted by molar-refractivity contribution is 6.11. The molecular weight excluding hydrogens is 418 g/mol. The molecule has 0 radical (unpaired) electrons. The van der Waals surface area contributed by atoms with Crippen molar-refractivity contribution in [2.24, 2.45) is 0 Å². The predicted octanol–water partition coefficient (Wildman–Crippen LogP) is 8.02. The van der Waals surface area contributed by atoms with Crippen LogP contribution in [0.1, 0.15) is 47.6 Å². The summed E-state index contributed by atoms with van der Waals surface area (Å²) in [5.41, 5.74) is 7.08. The Morgan fingerprint density at radius 2 is 1.85 bits per heavy atom. The number of pyridine rings is 2. The maximum atomic E-state index is 14.0. The Morgan fingerprint density at radius 3 is 2.64 bits per heavy atom. The molecule has 5 heteroatoms. The number of halogens is 2. The summed E-state index contributed by atoms with van der Waals surface area (Å²) < 4.78 is 34.3. The van der Waals surface area contributed by atoms with E-state index in [1.165, 1.54) is 0 Å². The van der Waals surface area contributed by atoms with E-state index in [-0.39, 0.29) is 18.8 Å². The maximum absolute atomic E-state index is 14.0. The zero-order valence-corrected chi connectivity index (χ0v) is 18.9. The summed E-state index contributed by atoms with van der Waals surface area (Å²) in [5, 5.41) is 3.99. The van der Waals surface area contributed by atoms with Crippen molar-refractivity contribution in [2.75, 3.05) is 0 Å². The first-order valence-corrected chi connectivity index (χ1v) is 11.4. The Hall–Kier alpha value is -3.34. The molecule has 33 heavy (non-hydrogen) atoms. The van der Waals surface area contributed by atoms with E-state index in [1.807, 2.05) is 50.4 Å². The van der Waals surface area contributed by atoms with Crippen molar-refractivity contribution in [3.63, 3.8) is 0 Å². The van der Waals surface area contributed by atoms with Crippen molar-refractivity contribution in [2.45, 2.75) is 51.9 Å². The largest absolute Gasteiger partial charge is 0.437 e. The van der Waals surface area contributed by atoms with E-state index in [2.05, 4.69) is 24.0 Å². The van der Waals surface area contributed by atoms with Crippen LogP contribution < -0.4 is 0 Å². The number of benzene rings is 2. The SMILES string of the molecule is Cc1cc(-c2ncc(C)c3c(C4CCC(F)(F)C4)cccc23)c2oc3nc(C)ccc3c2c1. The number of rotatable bonds is 2. The van der Waals surface area contributed by atoms with Crippen LogP contribution in [0.4, 0.5) is 8.78 Å². The van der Waals surface area contributed by atoms with Crippen molar-refractivity contribution in [3.8, 4) is 11.3 Å². The van der Waals surface area contributed by atoms with Crippen molar-refractivity contribution >= 4 is 32.8 Å². The molecule has 5 aromatic rings. The zero-order valence-electron chi connectivity index (χ0n) is 18.9. The first kappa shape index (κ1) is 20.3. The van der Waals surface area contributed by atoms with Gasteiger partial charge in [0.15, 0.2) is 0 Å². The summed E-state index contributed by atoms with van der Waals surface area (Å²) >= 11 is 0. The van der Waals surface area contributed by atoms with Gasteiger partial charge >= 0.3 is 0 Å². The van der Waals surface area contributed by atoms with Gasteiger partial charge in [0.25, 0.3) is 0 Å². The van der Waals surface area contributed by atoms with Gasteiger partial charge in [-0.05, 0) is 79.5 Å². The van der Waals surface area contributed by atoms with Crippen molar-refractivity contribution < 1.29 is 13.2 Å². The molecule has 166 valence electrons. The van der Waals surface area contributed by atoms with Gasteiger partial charge in [0.1, 0.15) is 5.58 Å². The fourth-order valence-corrected chi connectivity index (χ4v) is 5.44. The highest BCUT2D eigenvalue weighted by atomic mass is 19.3. The number of aromatic nitrogens is 2. The lowest BCUT2D eigenvalue weighted by Crippen LogP contribution is -2.09. The van der Waals surface area contributed by atoms with Crippen molar-refractivity contribution in [3.05, 3.63) is 71.0 Å². The summed E-state index contributed by atoms with van der Waals surface area (Å²) in [6, 6.07) is 14.3. The van der Waals surface area contributed by atoms with Gasteiger partial charge in [-0.3, -0.25) is 4.98 Å². The van der Waals surface area contributed by atoms with Crippen LogP contribution in [-0.4, -0.2) is 15.9 Å². The Kier molecular flexibility index (Phi) is 4.35. The fraction of sp³-hybridized carbons (Fsp3) is 0.286. The molecule has 1 atom stereocenters. The van der Waals surface area contributed by atoms with Crippen LogP contribution in [0.25, 0.3) is 44.1 Å². The van der Waals surface area contributed by atoms with Crippen LogP contribution in [0, 0.1) is 20.8 Å². The summed E-state index contributed by atoms with van der Waals surface area (Å²) in [4.78, 5) is 9.40. The molecule has 3 heterocycles. The number of aryl methyl sites for hydroxylation is 3. The summed E-state index contributed by atoms with van der Waals surface area (Å²) in [6.07, 6.45) is 2.22. The Bertz CT molecular complexity index is 1570. The lowest BCUT2D eigenvalue weighted by molar-refractivity contribution is 0.00780. The minimum Gasteiger partial charge on any atom is -0.437 e. The molecule has 2 aromatic carbocycles. The zero-order chi connectivity index (χ0) is 22.9. The number of fused-ring (bicyclic) bond motifs is 4. The van der Waals surface area contributed by atoms with Crippen LogP contribution in [-0.2, 0) is 0 Å². The van der Waals surface area contributed by atoms with Crippen LogP contribution in [0.5, 0.6) is 0 Å². The lowest BCUT2D eigenvalue weighted by atomic mass is 9.89. The maximum Gasteiger partial charge on any atom is 0.248 e. The normalized spacial score (nSPS) is 18.0. The molecule has 1 unspecified atom stereocenters. The monoisotopic (exact) mass is 442 g/mol. The first-order valence-electron chi connectivity index (χ1n) is 11.4. The Balaban J connectivity index is 1.64. The molecule has 0 bridgehead atoms. The van der Waals surface area contributed by atoms with Gasteiger partial charge in [-0.1, -0.05) is 18.2 Å². The molecule has 3 nitrogen and oxygen atoms in total. The van der Waals surface area contributed by atoms with Gasteiger partial charge in [0.2, 0.25) is 11.6 Å². The van der Waals surface area contributed by atoms with Gasteiger partial charge in [-0.25, -0.2) is 13.8 Å². The minimum absolute atomic E-state index is 0.0467. The number of hydrogen-bond acceptors (Lipinski definition) is 3. The third-order valence-corrected chi connectivity index (χ3v) is 6.95. The van der Waals surface area contributed by atoms with Gasteiger partial charge in [0, 0.05) is 46.5 Å². The van der Waals surface area contributed by atoms with E-state index in [0.717, 1.165) is 60.8 Å². The molecule has 1 fully saturated rings. The average Bonchev–Trinajstić information content (AvgIpc) is 3.32. The molecule has 1 saturated carbocycles. The van der Waals surface area contributed by atoms with Crippen LogP contribution in [0.3, 0.4) is 0 Å². The highest BCUT2D eigenvalue weighted by Gasteiger charge is 2.40. The molecule has 0 aliphatic heterocycles. The Labute approximate surface area is 190 Å². The second kappa shape index (κ2) is 7.08. The van der Waals surface area contributed by atoms with Crippen LogP contribution in [0.2, 0.25) is 0 Å². The lowest BCUT2D eigenvalue weighted by Gasteiger charge is -2.17. The quantitative estimate of drug-likeness (QED) is 0.278. The van der Waals surface area contributed by atoms with E-state index in [0.29, 0.717) is 12.1 Å². The predicted molar refractivity (Wildman–Crippen MR) is 128 cm³/mol. The fourth-order valence-electron chi connectivity index (χ4n) is 5.44. The van der Waals surface area contributed by atoms with Gasteiger partial charge < -0.3 is 4.42 Å². The second-order valence-corrected chi connectivity index (χ2v) is 9.45. The van der Waals surface area contributed by atoms with E-state index in [4.69, 9.17) is 9.40 Å².